The molecule has 0 saturated heterocycles. The molecular weight excluding hydrogens is 237 g/mol. The summed E-state index contributed by atoms with van der Waals surface area (Å²) in [6, 6.07) is 1.54. The predicted molar refractivity (Wildman–Crippen MR) is 53.4 cm³/mol. The highest BCUT2D eigenvalue weighted by Gasteiger charge is 2.35. The van der Waals surface area contributed by atoms with Crippen LogP contribution in [0.1, 0.15) is 33.2 Å². The van der Waals surface area contributed by atoms with Gasteiger partial charge in [-0.25, -0.2) is 0 Å². The number of Topliss-reactive ketones (excluding diaryl/α,β-unsaturated/α-hetero) is 1. The molecule has 0 fully saturated rings. The Kier molecular flexibility index (Phi) is 3.55. The van der Waals surface area contributed by atoms with Crippen molar-refractivity contribution in [2.75, 3.05) is 7.11 Å². The Bertz CT molecular complexity index is 464. The molecule has 92 valence electrons. The number of rotatable bonds is 3. The first-order valence-corrected chi connectivity index (χ1v) is 4.56. The molecule has 0 amide bonds. The fourth-order valence-corrected chi connectivity index (χ4v) is 1.39. The van der Waals surface area contributed by atoms with Gasteiger partial charge in [0.1, 0.15) is 5.75 Å². The number of benzene rings is 1. The van der Waals surface area contributed by atoms with Gasteiger partial charge in [0, 0.05) is 11.1 Å². The van der Waals surface area contributed by atoms with E-state index >= 15 is 0 Å². The van der Waals surface area contributed by atoms with E-state index in [0.717, 1.165) is 20.1 Å². The summed E-state index contributed by atoms with van der Waals surface area (Å²) in [6.07, 6.45) is -4.43. The van der Waals surface area contributed by atoms with Crippen molar-refractivity contribution in [1.29, 1.82) is 0 Å². The number of halogens is 3. The normalized spacial score (nSPS) is 11.1. The summed E-state index contributed by atoms with van der Waals surface area (Å²) in [5.41, 5.74) is -1.47. The molecule has 0 atom stereocenters. The summed E-state index contributed by atoms with van der Waals surface area (Å²) >= 11 is 0. The highest BCUT2D eigenvalue weighted by Crippen LogP contribution is 2.37. The molecule has 0 aliphatic heterocycles. The summed E-state index contributed by atoms with van der Waals surface area (Å²) in [4.78, 5) is 21.8. The number of ketones is 1. The van der Waals surface area contributed by atoms with Gasteiger partial charge in [0.2, 0.25) is 0 Å². The Hall–Kier alpha value is -1.85. The summed E-state index contributed by atoms with van der Waals surface area (Å²) in [7, 11) is 1.06. The molecule has 6 heteroatoms. The monoisotopic (exact) mass is 246 g/mol. The number of hydrogen-bond donors (Lipinski definition) is 0. The Morgan fingerprint density at radius 2 is 1.94 bits per heavy atom. The summed E-state index contributed by atoms with van der Waals surface area (Å²) in [6.45, 7) is 1.16. The van der Waals surface area contributed by atoms with Gasteiger partial charge in [-0.3, -0.25) is 9.59 Å². The molecule has 0 radical (unpaired) electrons. The quantitative estimate of drug-likeness (QED) is 0.608. The molecule has 3 nitrogen and oxygen atoms in total. The van der Waals surface area contributed by atoms with Gasteiger partial charge < -0.3 is 4.74 Å². The van der Waals surface area contributed by atoms with E-state index in [1.165, 1.54) is 0 Å². The van der Waals surface area contributed by atoms with Crippen LogP contribution in [-0.4, -0.2) is 19.2 Å². The van der Waals surface area contributed by atoms with E-state index in [2.05, 4.69) is 4.74 Å². The van der Waals surface area contributed by atoms with Crippen molar-refractivity contribution in [2.24, 2.45) is 0 Å². The fraction of sp³-hybridized carbons (Fsp3) is 0.273. The maximum absolute atomic E-state index is 12.6. The smallest absolute Gasteiger partial charge is 0.419 e. The molecular formula is C11H9F3O3. The van der Waals surface area contributed by atoms with Crippen LogP contribution in [0.2, 0.25) is 0 Å². The zero-order valence-corrected chi connectivity index (χ0v) is 9.09. The van der Waals surface area contributed by atoms with E-state index in [4.69, 9.17) is 0 Å². The fourth-order valence-electron chi connectivity index (χ4n) is 1.39. The maximum atomic E-state index is 12.6. The summed E-state index contributed by atoms with van der Waals surface area (Å²) < 4.78 is 42.4. The van der Waals surface area contributed by atoms with Crippen molar-refractivity contribution in [3.8, 4) is 5.75 Å². The Morgan fingerprint density at radius 1 is 1.35 bits per heavy atom. The van der Waals surface area contributed by atoms with E-state index in [1.54, 1.807) is 0 Å². The largest absolute Gasteiger partial charge is 0.496 e. The summed E-state index contributed by atoms with van der Waals surface area (Å²) in [5, 5.41) is 0. The average Bonchev–Trinajstić information content (AvgIpc) is 2.25. The van der Waals surface area contributed by atoms with Gasteiger partial charge in [-0.05, 0) is 19.1 Å². The maximum Gasteiger partial charge on any atom is 0.419 e. The number of alkyl halides is 3. The lowest BCUT2D eigenvalue weighted by Crippen LogP contribution is -2.11. The average molecular weight is 246 g/mol. The Labute approximate surface area is 95.2 Å². The molecule has 0 saturated carbocycles. The lowest BCUT2D eigenvalue weighted by molar-refractivity contribution is -0.138. The first-order chi connectivity index (χ1) is 7.81. The van der Waals surface area contributed by atoms with Crippen molar-refractivity contribution in [3.05, 3.63) is 28.8 Å². The van der Waals surface area contributed by atoms with Crippen molar-refractivity contribution >= 4 is 12.1 Å². The Morgan fingerprint density at radius 3 is 2.29 bits per heavy atom. The first-order valence-electron chi connectivity index (χ1n) is 4.56. The van der Waals surface area contributed by atoms with Gasteiger partial charge in [0.25, 0.3) is 0 Å². The minimum atomic E-state index is -4.64. The van der Waals surface area contributed by atoms with Crippen LogP contribution in [0, 0.1) is 0 Å². The second kappa shape index (κ2) is 4.57. The third kappa shape index (κ3) is 2.64. The number of ether oxygens (including phenoxy) is 1. The van der Waals surface area contributed by atoms with Crippen LogP contribution in [-0.2, 0) is 6.18 Å². The van der Waals surface area contributed by atoms with Crippen LogP contribution in [0.3, 0.4) is 0 Å². The van der Waals surface area contributed by atoms with Gasteiger partial charge in [-0.2, -0.15) is 13.2 Å². The number of methoxy groups -OCH3 is 1. The van der Waals surface area contributed by atoms with Crippen LogP contribution >= 0.6 is 0 Å². The van der Waals surface area contributed by atoms with Crippen molar-refractivity contribution < 1.29 is 27.5 Å². The lowest BCUT2D eigenvalue weighted by atomic mass is 10.0. The zero-order chi connectivity index (χ0) is 13.2. The van der Waals surface area contributed by atoms with Gasteiger partial charge in [0.15, 0.2) is 12.1 Å². The van der Waals surface area contributed by atoms with Gasteiger partial charge >= 0.3 is 6.18 Å². The minimum Gasteiger partial charge on any atom is -0.496 e. The third-order valence-electron chi connectivity index (χ3n) is 2.18. The molecule has 0 aliphatic carbocycles. The molecule has 1 rings (SSSR count). The van der Waals surface area contributed by atoms with Gasteiger partial charge in [0.05, 0.1) is 12.7 Å². The molecule has 0 N–H and O–H groups in total. The molecule has 1 aromatic rings. The molecule has 0 aromatic heterocycles. The first kappa shape index (κ1) is 13.2. The van der Waals surface area contributed by atoms with Gasteiger partial charge in [-0.1, -0.05) is 0 Å². The van der Waals surface area contributed by atoms with Gasteiger partial charge in [-0.15, -0.1) is 0 Å². The topological polar surface area (TPSA) is 43.4 Å². The van der Waals surface area contributed by atoms with Crippen LogP contribution in [0.25, 0.3) is 0 Å². The van der Waals surface area contributed by atoms with Crippen LogP contribution < -0.4 is 4.74 Å². The van der Waals surface area contributed by atoms with Crippen LogP contribution in [0.5, 0.6) is 5.75 Å². The predicted octanol–water partition coefficient (Wildman–Crippen LogP) is 2.73. The van der Waals surface area contributed by atoms with Crippen molar-refractivity contribution in [1.82, 2.24) is 0 Å². The van der Waals surface area contributed by atoms with Crippen molar-refractivity contribution in [2.45, 2.75) is 13.1 Å². The van der Waals surface area contributed by atoms with E-state index in [0.29, 0.717) is 6.07 Å². The second-order valence-corrected chi connectivity index (χ2v) is 3.31. The number of carbonyl (C=O) groups is 2. The molecule has 0 spiro atoms. The van der Waals surface area contributed by atoms with E-state index < -0.39 is 23.3 Å². The highest BCUT2D eigenvalue weighted by molar-refractivity contribution is 6.02. The van der Waals surface area contributed by atoms with Crippen molar-refractivity contribution in [3.63, 3.8) is 0 Å². The van der Waals surface area contributed by atoms with E-state index in [-0.39, 0.29) is 17.4 Å². The molecule has 1 aromatic carbocycles. The minimum absolute atomic E-state index is 0.0927. The lowest BCUT2D eigenvalue weighted by Gasteiger charge is -2.14. The summed E-state index contributed by atoms with van der Waals surface area (Å²) in [5.74, 6) is -0.979. The van der Waals surface area contributed by atoms with E-state index in [1.807, 2.05) is 0 Å². The molecule has 17 heavy (non-hydrogen) atoms. The number of aldehydes is 1. The van der Waals surface area contributed by atoms with Crippen LogP contribution in [0.15, 0.2) is 12.1 Å². The number of hydrogen-bond acceptors (Lipinski definition) is 3. The zero-order valence-electron chi connectivity index (χ0n) is 9.09. The Balaban J connectivity index is 3.54. The standard InChI is InChI=1S/C11H9F3O3/c1-6(16)8-4-10(17-2)9(11(12,13)14)3-7(8)5-15/h3-5H,1-2H3. The second-order valence-electron chi connectivity index (χ2n) is 3.31. The molecule has 0 heterocycles. The SMILES string of the molecule is COc1cc(C(C)=O)c(C=O)cc1C(F)(F)F. The molecule has 0 unspecified atom stereocenters. The third-order valence-corrected chi connectivity index (χ3v) is 2.18. The number of carbonyl (C=O) groups excluding carboxylic acids is 2. The molecule has 0 aliphatic rings. The van der Waals surface area contributed by atoms with Crippen LogP contribution in [0.4, 0.5) is 13.2 Å². The highest BCUT2D eigenvalue weighted by atomic mass is 19.4. The molecule has 0 bridgehead atoms. The van der Waals surface area contributed by atoms with E-state index in [9.17, 15) is 22.8 Å².